The monoisotopic (exact) mass is 540 g/mol. The molecule has 0 aliphatic rings. The summed E-state index contributed by atoms with van der Waals surface area (Å²) in [7, 11) is 1.48. The van der Waals surface area contributed by atoms with Crippen LogP contribution in [0.25, 0.3) is 6.08 Å². The molecule has 0 aliphatic heterocycles. The summed E-state index contributed by atoms with van der Waals surface area (Å²) in [6, 6.07) is 6.85. The predicted octanol–water partition coefficient (Wildman–Crippen LogP) is 6.61. The summed E-state index contributed by atoms with van der Waals surface area (Å²) in [6.07, 6.45) is 9.59. The van der Waals surface area contributed by atoms with Crippen LogP contribution < -0.4 is 23.7 Å². The zero-order valence-electron chi connectivity index (χ0n) is 19.8. The molecule has 0 radical (unpaired) electrons. The molecule has 0 unspecified atom stereocenters. The van der Waals surface area contributed by atoms with Crippen molar-refractivity contribution >= 4 is 27.8 Å². The summed E-state index contributed by atoms with van der Waals surface area (Å²) in [5.41, 5.74) is 0.957. The molecule has 0 bridgehead atoms. The molecule has 0 N–H and O–H groups in total. The first-order valence-electron chi connectivity index (χ1n) is 10.7. The summed E-state index contributed by atoms with van der Waals surface area (Å²) in [5.74, 6) is 1.91. The summed E-state index contributed by atoms with van der Waals surface area (Å²) in [4.78, 5) is 13.3. The Hall–Kier alpha value is -3.71. The summed E-state index contributed by atoms with van der Waals surface area (Å²) >= 11 is 3.50. The van der Waals surface area contributed by atoms with E-state index in [1.807, 2.05) is 0 Å². The molecule has 0 atom stereocenters. The lowest BCUT2D eigenvalue weighted by atomic mass is 10.1. The van der Waals surface area contributed by atoms with Gasteiger partial charge in [0.15, 0.2) is 5.78 Å². The van der Waals surface area contributed by atoms with Gasteiger partial charge in [0.2, 0.25) is 0 Å². The molecule has 7 heteroatoms. The van der Waals surface area contributed by atoms with Gasteiger partial charge in [0, 0.05) is 12.1 Å². The van der Waals surface area contributed by atoms with Crippen LogP contribution >= 0.6 is 15.9 Å². The van der Waals surface area contributed by atoms with Gasteiger partial charge in [-0.2, -0.15) is 0 Å². The number of methoxy groups -OCH3 is 1. The fourth-order valence-corrected chi connectivity index (χ4v) is 3.38. The van der Waals surface area contributed by atoms with Crippen LogP contribution in [0.1, 0.15) is 15.9 Å². The van der Waals surface area contributed by atoms with Crippen molar-refractivity contribution in [2.24, 2.45) is 0 Å². The second kappa shape index (κ2) is 14.5. The molecule has 6 nitrogen and oxygen atoms in total. The van der Waals surface area contributed by atoms with E-state index in [0.717, 1.165) is 0 Å². The maximum absolute atomic E-state index is 13.3. The van der Waals surface area contributed by atoms with E-state index >= 15 is 0 Å². The molecule has 0 heterocycles. The summed E-state index contributed by atoms with van der Waals surface area (Å²) in [5, 5.41) is 0. The number of benzene rings is 2. The second-order valence-electron chi connectivity index (χ2n) is 6.93. The Labute approximate surface area is 214 Å². The highest BCUT2D eigenvalue weighted by atomic mass is 79.9. The van der Waals surface area contributed by atoms with Crippen LogP contribution in [0.3, 0.4) is 0 Å². The smallest absolute Gasteiger partial charge is 0.193 e. The first-order chi connectivity index (χ1) is 17.0. The third-order valence-corrected chi connectivity index (χ3v) is 5.18. The van der Waals surface area contributed by atoms with E-state index in [4.69, 9.17) is 23.7 Å². The Bertz CT molecular complexity index is 1070. The fraction of sp³-hybridized carbons (Fsp3) is 0.179. The molecule has 184 valence electrons. The van der Waals surface area contributed by atoms with Crippen molar-refractivity contribution in [1.82, 2.24) is 0 Å². The van der Waals surface area contributed by atoms with Gasteiger partial charge in [-0.3, -0.25) is 4.79 Å². The maximum atomic E-state index is 13.3. The van der Waals surface area contributed by atoms with E-state index in [9.17, 15) is 4.79 Å². The van der Waals surface area contributed by atoms with E-state index in [1.165, 1.54) is 13.2 Å². The Morgan fingerprint density at radius 2 is 1.26 bits per heavy atom. The average Bonchev–Trinajstić information content (AvgIpc) is 2.87. The number of allylic oxidation sites excluding steroid dienone is 1. The van der Waals surface area contributed by atoms with Crippen molar-refractivity contribution in [3.8, 4) is 28.7 Å². The van der Waals surface area contributed by atoms with Gasteiger partial charge < -0.3 is 23.7 Å². The number of carbonyl (C=O) groups excluding carboxylic acids is 1. The third-order valence-electron chi connectivity index (χ3n) is 4.40. The van der Waals surface area contributed by atoms with Crippen molar-refractivity contribution in [2.45, 2.75) is 0 Å². The van der Waals surface area contributed by atoms with Gasteiger partial charge in [0.05, 0.1) is 7.11 Å². The molecular formula is C28H29BrO6. The molecular weight excluding hydrogens is 512 g/mol. The molecule has 2 aromatic rings. The number of hydrogen-bond donors (Lipinski definition) is 0. The molecule has 2 rings (SSSR count). The minimum absolute atomic E-state index is 0.207. The Kier molecular flexibility index (Phi) is 11.4. The van der Waals surface area contributed by atoms with Crippen LogP contribution in [0.15, 0.2) is 85.4 Å². The molecule has 0 saturated heterocycles. The highest BCUT2D eigenvalue weighted by molar-refractivity contribution is 9.10. The molecule has 35 heavy (non-hydrogen) atoms. The van der Waals surface area contributed by atoms with Crippen molar-refractivity contribution in [3.63, 3.8) is 0 Å². The number of ketones is 1. The molecule has 0 spiro atoms. The molecule has 0 amide bonds. The summed E-state index contributed by atoms with van der Waals surface area (Å²) < 4.78 is 28.9. The van der Waals surface area contributed by atoms with Crippen molar-refractivity contribution in [2.75, 3.05) is 33.5 Å². The van der Waals surface area contributed by atoms with E-state index in [-0.39, 0.29) is 18.0 Å². The summed E-state index contributed by atoms with van der Waals surface area (Å²) in [6.45, 7) is 15.8. The van der Waals surface area contributed by atoms with Gasteiger partial charge in [-0.25, -0.2) is 0 Å². The van der Waals surface area contributed by atoms with Crippen LogP contribution in [0.4, 0.5) is 0 Å². The zero-order valence-corrected chi connectivity index (χ0v) is 21.3. The Morgan fingerprint density at radius 1 is 0.771 bits per heavy atom. The van der Waals surface area contributed by atoms with E-state index in [2.05, 4.69) is 42.2 Å². The van der Waals surface area contributed by atoms with Crippen molar-refractivity contribution in [1.29, 1.82) is 0 Å². The average molecular weight is 541 g/mol. The minimum atomic E-state index is -0.318. The molecule has 0 aliphatic carbocycles. The number of rotatable bonds is 16. The second-order valence-corrected chi connectivity index (χ2v) is 7.72. The lowest BCUT2D eigenvalue weighted by Crippen LogP contribution is -2.06. The van der Waals surface area contributed by atoms with Crippen molar-refractivity contribution < 1.29 is 28.5 Å². The number of ether oxygens (including phenoxy) is 5. The number of carbonyl (C=O) groups is 1. The quantitative estimate of drug-likeness (QED) is 0.135. The third kappa shape index (κ3) is 7.93. The first kappa shape index (κ1) is 27.5. The first-order valence-corrected chi connectivity index (χ1v) is 11.5. The lowest BCUT2D eigenvalue weighted by molar-refractivity contribution is 0.104. The van der Waals surface area contributed by atoms with Crippen LogP contribution in [0.5, 0.6) is 28.7 Å². The van der Waals surface area contributed by atoms with Gasteiger partial charge >= 0.3 is 0 Å². The Morgan fingerprint density at radius 3 is 1.77 bits per heavy atom. The van der Waals surface area contributed by atoms with E-state index in [1.54, 1.807) is 54.6 Å². The molecule has 0 saturated carbocycles. The van der Waals surface area contributed by atoms with E-state index < -0.39 is 0 Å². The van der Waals surface area contributed by atoms with Crippen molar-refractivity contribution in [3.05, 3.63) is 96.6 Å². The molecule has 0 aromatic heterocycles. The van der Waals surface area contributed by atoms with Crippen LogP contribution in [-0.2, 0) is 0 Å². The fourth-order valence-electron chi connectivity index (χ4n) is 2.92. The standard InChI is InChI=1S/C28H29BrO6/c1-6-12-32-21-18-23(31-5)27(24(19-21)33-13-7-2)22(30)11-10-20-16-25(34-14-8-3)28(29)26(17-20)35-15-9-4/h6-11,16-19H,1-4,12-15H2,5H3. The lowest BCUT2D eigenvalue weighted by Gasteiger charge is -2.15. The minimum Gasteiger partial charge on any atom is -0.496 e. The topological polar surface area (TPSA) is 63.2 Å². The highest BCUT2D eigenvalue weighted by Crippen LogP contribution is 2.38. The number of hydrogen-bond acceptors (Lipinski definition) is 6. The van der Waals surface area contributed by atoms with E-state index in [0.29, 0.717) is 58.6 Å². The predicted molar refractivity (Wildman–Crippen MR) is 143 cm³/mol. The van der Waals surface area contributed by atoms with Gasteiger partial charge in [0.1, 0.15) is 65.2 Å². The van der Waals surface area contributed by atoms with Crippen LogP contribution in [0.2, 0.25) is 0 Å². The Balaban J connectivity index is 2.46. The largest absolute Gasteiger partial charge is 0.496 e. The zero-order chi connectivity index (χ0) is 25.6. The van der Waals surface area contributed by atoms with Gasteiger partial charge in [0.25, 0.3) is 0 Å². The highest BCUT2D eigenvalue weighted by Gasteiger charge is 2.19. The maximum Gasteiger partial charge on any atom is 0.193 e. The molecule has 0 fully saturated rings. The van der Waals surface area contributed by atoms with Gasteiger partial charge in [-0.1, -0.05) is 56.7 Å². The van der Waals surface area contributed by atoms with Crippen LogP contribution in [-0.4, -0.2) is 39.3 Å². The van der Waals surface area contributed by atoms with Crippen LogP contribution in [0, 0.1) is 0 Å². The SMILES string of the molecule is C=CCOc1cc(OC)c(C(=O)C=Cc2cc(OCC=C)c(Br)c(OCC=C)c2)c(OCC=C)c1. The number of halogens is 1. The van der Waals surface area contributed by atoms with Gasteiger partial charge in [-0.05, 0) is 39.7 Å². The molecule has 2 aromatic carbocycles. The van der Waals surface area contributed by atoms with Gasteiger partial charge in [-0.15, -0.1) is 0 Å². The normalized spacial score (nSPS) is 10.3.